The Morgan fingerprint density at radius 3 is 2.70 bits per heavy atom. The molecule has 20 heavy (non-hydrogen) atoms. The van der Waals surface area contributed by atoms with Crippen molar-refractivity contribution >= 4 is 5.91 Å². The molecule has 0 fully saturated rings. The number of nitrogens with one attached hydrogen (secondary N) is 1. The summed E-state index contributed by atoms with van der Waals surface area (Å²) in [4.78, 5) is 11.6. The van der Waals surface area contributed by atoms with Crippen LogP contribution in [0.4, 0.5) is 4.39 Å². The summed E-state index contributed by atoms with van der Waals surface area (Å²) in [5.41, 5.74) is 6.31. The standard InChI is InChI=1S/C15H23FN2O2/c1-10(2)6-7-18-15(19)9-20-14-5-4-12(16)8-13(14)11(3)17/h4-5,8,10-11H,6-7,9,17H2,1-3H3,(H,18,19). The van der Waals surface area contributed by atoms with Crippen molar-refractivity contribution in [2.24, 2.45) is 11.7 Å². The Labute approximate surface area is 119 Å². The van der Waals surface area contributed by atoms with Gasteiger partial charge in [0, 0.05) is 18.2 Å². The van der Waals surface area contributed by atoms with Crippen molar-refractivity contribution in [3.05, 3.63) is 29.6 Å². The van der Waals surface area contributed by atoms with Crippen LogP contribution in [0.5, 0.6) is 5.75 Å². The average Bonchev–Trinajstić information content (AvgIpc) is 2.36. The number of rotatable bonds is 7. The van der Waals surface area contributed by atoms with Crippen LogP contribution in [0.2, 0.25) is 0 Å². The molecule has 0 radical (unpaired) electrons. The van der Waals surface area contributed by atoms with Crippen LogP contribution in [-0.2, 0) is 4.79 Å². The third kappa shape index (κ3) is 5.57. The number of benzene rings is 1. The van der Waals surface area contributed by atoms with E-state index in [1.165, 1.54) is 18.2 Å². The Morgan fingerprint density at radius 2 is 2.10 bits per heavy atom. The lowest BCUT2D eigenvalue weighted by atomic mass is 10.1. The molecule has 4 nitrogen and oxygen atoms in total. The highest BCUT2D eigenvalue weighted by Crippen LogP contribution is 2.24. The van der Waals surface area contributed by atoms with E-state index in [1.807, 2.05) is 0 Å². The summed E-state index contributed by atoms with van der Waals surface area (Å²) in [6.45, 7) is 6.46. The summed E-state index contributed by atoms with van der Waals surface area (Å²) in [6.07, 6.45) is 0.924. The zero-order valence-corrected chi connectivity index (χ0v) is 12.3. The van der Waals surface area contributed by atoms with Crippen LogP contribution in [0, 0.1) is 11.7 Å². The third-order valence-corrected chi connectivity index (χ3v) is 2.87. The quantitative estimate of drug-likeness (QED) is 0.807. The van der Waals surface area contributed by atoms with E-state index in [2.05, 4.69) is 19.2 Å². The van der Waals surface area contributed by atoms with Crippen molar-refractivity contribution in [1.82, 2.24) is 5.32 Å². The van der Waals surface area contributed by atoms with Crippen molar-refractivity contribution in [3.8, 4) is 5.75 Å². The van der Waals surface area contributed by atoms with E-state index >= 15 is 0 Å². The number of hydrogen-bond acceptors (Lipinski definition) is 3. The number of nitrogens with two attached hydrogens (primary N) is 1. The lowest BCUT2D eigenvalue weighted by molar-refractivity contribution is -0.123. The fourth-order valence-electron chi connectivity index (χ4n) is 1.70. The topological polar surface area (TPSA) is 64.3 Å². The molecule has 1 amide bonds. The molecular weight excluding hydrogens is 259 g/mol. The fourth-order valence-corrected chi connectivity index (χ4v) is 1.70. The predicted octanol–water partition coefficient (Wildman–Crippen LogP) is 2.39. The van der Waals surface area contributed by atoms with Crippen molar-refractivity contribution in [1.29, 1.82) is 0 Å². The van der Waals surface area contributed by atoms with Crippen LogP contribution >= 0.6 is 0 Å². The molecule has 0 saturated heterocycles. The normalized spacial score (nSPS) is 12.3. The van der Waals surface area contributed by atoms with Crippen LogP contribution in [0.25, 0.3) is 0 Å². The lowest BCUT2D eigenvalue weighted by Crippen LogP contribution is -2.30. The molecule has 0 aliphatic heterocycles. The van der Waals surface area contributed by atoms with E-state index in [9.17, 15) is 9.18 Å². The van der Waals surface area contributed by atoms with E-state index in [4.69, 9.17) is 10.5 Å². The Balaban J connectivity index is 2.51. The number of amides is 1. The molecule has 112 valence electrons. The molecule has 0 heterocycles. The van der Waals surface area contributed by atoms with Crippen LogP contribution in [0.1, 0.15) is 38.8 Å². The maximum atomic E-state index is 13.2. The Hall–Kier alpha value is -1.62. The largest absolute Gasteiger partial charge is 0.483 e. The van der Waals surface area contributed by atoms with Gasteiger partial charge in [-0.3, -0.25) is 4.79 Å². The summed E-state index contributed by atoms with van der Waals surface area (Å²) in [6, 6.07) is 3.76. The second-order valence-corrected chi connectivity index (χ2v) is 5.29. The Kier molecular flexibility index (Phi) is 6.45. The molecule has 5 heteroatoms. The SMILES string of the molecule is CC(C)CCNC(=O)COc1ccc(F)cc1C(C)N. The van der Waals surface area contributed by atoms with Crippen LogP contribution in [-0.4, -0.2) is 19.1 Å². The molecular formula is C15H23FN2O2. The molecule has 0 aliphatic carbocycles. The summed E-state index contributed by atoms with van der Waals surface area (Å²) < 4.78 is 18.6. The highest BCUT2D eigenvalue weighted by atomic mass is 19.1. The first-order valence-electron chi connectivity index (χ1n) is 6.84. The first-order valence-corrected chi connectivity index (χ1v) is 6.84. The van der Waals surface area contributed by atoms with Crippen molar-refractivity contribution in [2.75, 3.05) is 13.2 Å². The molecule has 0 aromatic heterocycles. The molecule has 3 N–H and O–H groups in total. The van der Waals surface area contributed by atoms with Crippen LogP contribution in [0.15, 0.2) is 18.2 Å². The van der Waals surface area contributed by atoms with Gasteiger partial charge >= 0.3 is 0 Å². The summed E-state index contributed by atoms with van der Waals surface area (Å²) in [7, 11) is 0. The average molecular weight is 282 g/mol. The monoisotopic (exact) mass is 282 g/mol. The van der Waals surface area contributed by atoms with Gasteiger partial charge in [-0.15, -0.1) is 0 Å². The number of carbonyl (C=O) groups excluding carboxylic acids is 1. The van der Waals surface area contributed by atoms with Gasteiger partial charge in [-0.25, -0.2) is 4.39 Å². The summed E-state index contributed by atoms with van der Waals surface area (Å²) >= 11 is 0. The van der Waals surface area contributed by atoms with Gasteiger partial charge in [-0.05, 0) is 37.5 Å². The minimum absolute atomic E-state index is 0.0938. The maximum Gasteiger partial charge on any atom is 0.257 e. The zero-order valence-electron chi connectivity index (χ0n) is 12.3. The highest BCUT2D eigenvalue weighted by molar-refractivity contribution is 5.77. The van der Waals surface area contributed by atoms with Crippen molar-refractivity contribution in [3.63, 3.8) is 0 Å². The Bertz CT molecular complexity index is 447. The molecule has 0 spiro atoms. The number of hydrogen-bond donors (Lipinski definition) is 2. The first-order chi connectivity index (χ1) is 9.40. The Morgan fingerprint density at radius 1 is 1.40 bits per heavy atom. The van der Waals surface area contributed by atoms with Crippen molar-refractivity contribution in [2.45, 2.75) is 33.2 Å². The third-order valence-electron chi connectivity index (χ3n) is 2.87. The van der Waals surface area contributed by atoms with Gasteiger partial charge in [0.1, 0.15) is 11.6 Å². The molecule has 0 bridgehead atoms. The van der Waals surface area contributed by atoms with Gasteiger partial charge in [0.15, 0.2) is 6.61 Å². The molecule has 1 atom stereocenters. The van der Waals surface area contributed by atoms with Gasteiger partial charge in [0.25, 0.3) is 5.91 Å². The van der Waals surface area contributed by atoms with E-state index in [0.29, 0.717) is 23.8 Å². The molecule has 0 aliphatic rings. The van der Waals surface area contributed by atoms with Crippen molar-refractivity contribution < 1.29 is 13.9 Å². The van der Waals surface area contributed by atoms with Gasteiger partial charge in [-0.2, -0.15) is 0 Å². The first kappa shape index (κ1) is 16.4. The molecule has 1 aromatic carbocycles. The van der Waals surface area contributed by atoms with Gasteiger partial charge in [0.2, 0.25) is 0 Å². The molecule has 1 aromatic rings. The second-order valence-electron chi connectivity index (χ2n) is 5.29. The van der Waals surface area contributed by atoms with E-state index in [0.717, 1.165) is 6.42 Å². The minimum Gasteiger partial charge on any atom is -0.483 e. The smallest absolute Gasteiger partial charge is 0.257 e. The number of halogens is 1. The molecule has 1 rings (SSSR count). The summed E-state index contributed by atoms with van der Waals surface area (Å²) in [5, 5.41) is 2.78. The highest BCUT2D eigenvalue weighted by Gasteiger charge is 2.11. The van der Waals surface area contributed by atoms with E-state index < -0.39 is 0 Å². The summed E-state index contributed by atoms with van der Waals surface area (Å²) in [5.74, 6) is 0.426. The predicted molar refractivity (Wildman–Crippen MR) is 77.0 cm³/mol. The maximum absolute atomic E-state index is 13.2. The number of ether oxygens (including phenoxy) is 1. The number of carbonyl (C=O) groups is 1. The lowest BCUT2D eigenvalue weighted by Gasteiger charge is -2.14. The minimum atomic E-state index is -0.369. The van der Waals surface area contributed by atoms with Gasteiger partial charge < -0.3 is 15.8 Å². The van der Waals surface area contributed by atoms with Gasteiger partial charge in [0.05, 0.1) is 0 Å². The second kappa shape index (κ2) is 7.85. The zero-order chi connectivity index (χ0) is 15.1. The van der Waals surface area contributed by atoms with E-state index in [1.54, 1.807) is 6.92 Å². The van der Waals surface area contributed by atoms with E-state index in [-0.39, 0.29) is 24.4 Å². The molecule has 0 saturated carbocycles. The fraction of sp³-hybridized carbons (Fsp3) is 0.533. The van der Waals surface area contributed by atoms with Gasteiger partial charge in [-0.1, -0.05) is 13.8 Å². The molecule has 1 unspecified atom stereocenters. The van der Waals surface area contributed by atoms with Crippen LogP contribution < -0.4 is 15.8 Å². The van der Waals surface area contributed by atoms with Crippen LogP contribution in [0.3, 0.4) is 0 Å².